The van der Waals surface area contributed by atoms with E-state index in [2.05, 4.69) is 26.6 Å². The van der Waals surface area contributed by atoms with Crippen LogP contribution in [-0.4, -0.2) is 38.2 Å². The van der Waals surface area contributed by atoms with Gasteiger partial charge in [-0.25, -0.2) is 0 Å². The molecule has 28 heavy (non-hydrogen) atoms. The molecule has 2 N–H and O–H groups in total. The number of amides is 2. The van der Waals surface area contributed by atoms with Crippen molar-refractivity contribution in [3.63, 3.8) is 0 Å². The molecule has 0 saturated carbocycles. The van der Waals surface area contributed by atoms with Crippen molar-refractivity contribution in [1.29, 1.82) is 0 Å². The monoisotopic (exact) mass is 448 g/mol. The Morgan fingerprint density at radius 3 is 2.32 bits per heavy atom. The molecule has 2 amide bonds. The lowest BCUT2D eigenvalue weighted by Gasteiger charge is -2.12. The van der Waals surface area contributed by atoms with Crippen LogP contribution in [0.1, 0.15) is 41.0 Å². The number of ether oxygens (including phenoxy) is 2. The summed E-state index contributed by atoms with van der Waals surface area (Å²) in [6.07, 6.45) is 0.805. The Labute approximate surface area is 173 Å². The molecule has 6 nitrogen and oxygen atoms in total. The van der Waals surface area contributed by atoms with E-state index in [1.807, 2.05) is 13.8 Å². The maximum atomic E-state index is 12.5. The van der Waals surface area contributed by atoms with Gasteiger partial charge >= 0.3 is 0 Å². The molecule has 7 heteroatoms. The van der Waals surface area contributed by atoms with Gasteiger partial charge in [-0.2, -0.15) is 0 Å². The van der Waals surface area contributed by atoms with Crippen LogP contribution < -0.4 is 15.4 Å². The van der Waals surface area contributed by atoms with Gasteiger partial charge in [0.25, 0.3) is 11.8 Å². The molecular formula is C21H25BrN2O4. The van der Waals surface area contributed by atoms with Crippen LogP contribution in [0.4, 0.5) is 5.69 Å². The van der Waals surface area contributed by atoms with Crippen molar-refractivity contribution in [1.82, 2.24) is 5.32 Å². The highest BCUT2D eigenvalue weighted by atomic mass is 79.9. The van der Waals surface area contributed by atoms with Gasteiger partial charge in [0.1, 0.15) is 5.75 Å². The molecule has 2 aromatic carbocycles. The minimum absolute atomic E-state index is 0.0478. The number of hydrogen-bond acceptors (Lipinski definition) is 4. The Morgan fingerprint density at radius 2 is 1.71 bits per heavy atom. The molecule has 2 aromatic rings. The third-order valence-electron chi connectivity index (χ3n) is 3.77. The lowest BCUT2D eigenvalue weighted by molar-refractivity contribution is 0.0948. The molecular weight excluding hydrogens is 424 g/mol. The first kappa shape index (κ1) is 21.9. The first-order chi connectivity index (χ1) is 13.4. The zero-order valence-electron chi connectivity index (χ0n) is 16.3. The third-order valence-corrected chi connectivity index (χ3v) is 4.39. The predicted molar refractivity (Wildman–Crippen MR) is 113 cm³/mol. The van der Waals surface area contributed by atoms with Gasteiger partial charge in [0.05, 0.1) is 10.6 Å². The number of hydrogen-bond donors (Lipinski definition) is 2. The van der Waals surface area contributed by atoms with Gasteiger partial charge in [0, 0.05) is 37.1 Å². The Balaban J connectivity index is 1.95. The second kappa shape index (κ2) is 10.8. The number of methoxy groups -OCH3 is 1. The highest BCUT2D eigenvalue weighted by molar-refractivity contribution is 9.10. The summed E-state index contributed by atoms with van der Waals surface area (Å²) in [6.45, 7) is 5.04. The van der Waals surface area contributed by atoms with Gasteiger partial charge < -0.3 is 20.1 Å². The topological polar surface area (TPSA) is 76.7 Å². The van der Waals surface area contributed by atoms with E-state index in [0.717, 1.165) is 6.42 Å². The molecule has 0 unspecified atom stereocenters. The van der Waals surface area contributed by atoms with Crippen LogP contribution in [0, 0.1) is 0 Å². The van der Waals surface area contributed by atoms with Crippen LogP contribution in [0.3, 0.4) is 0 Å². The van der Waals surface area contributed by atoms with Crippen molar-refractivity contribution >= 4 is 33.4 Å². The van der Waals surface area contributed by atoms with E-state index in [1.54, 1.807) is 49.6 Å². The first-order valence-corrected chi connectivity index (χ1v) is 9.84. The lowest BCUT2D eigenvalue weighted by Crippen LogP contribution is -2.25. The van der Waals surface area contributed by atoms with Crippen LogP contribution in [-0.2, 0) is 4.74 Å². The van der Waals surface area contributed by atoms with Crippen molar-refractivity contribution in [3.05, 3.63) is 58.1 Å². The van der Waals surface area contributed by atoms with Crippen molar-refractivity contribution < 1.29 is 19.1 Å². The molecule has 0 radical (unpaired) electrons. The first-order valence-electron chi connectivity index (χ1n) is 9.05. The number of carbonyl (C=O) groups excluding carboxylic acids is 2. The van der Waals surface area contributed by atoms with Gasteiger partial charge in [-0.1, -0.05) is 0 Å². The van der Waals surface area contributed by atoms with Crippen LogP contribution >= 0.6 is 15.9 Å². The summed E-state index contributed by atoms with van der Waals surface area (Å²) < 4.78 is 11.3. The fraction of sp³-hybridized carbons (Fsp3) is 0.333. The minimum Gasteiger partial charge on any atom is -0.490 e. The Kier molecular flexibility index (Phi) is 8.47. The molecule has 0 spiro atoms. The Bertz CT molecular complexity index is 807. The largest absolute Gasteiger partial charge is 0.490 e. The van der Waals surface area contributed by atoms with Crippen LogP contribution in [0.15, 0.2) is 46.9 Å². The zero-order chi connectivity index (χ0) is 20.5. The molecule has 0 aliphatic rings. The van der Waals surface area contributed by atoms with Crippen molar-refractivity contribution in [2.45, 2.75) is 26.4 Å². The normalized spacial score (nSPS) is 10.6. The molecule has 0 aliphatic heterocycles. The number of rotatable bonds is 9. The molecule has 2 rings (SSSR count). The fourth-order valence-electron chi connectivity index (χ4n) is 2.42. The SMILES string of the molecule is COCCCNC(=O)c1ccc(NC(=O)c2ccc(OC(C)C)c(Br)c2)cc1. The number of carbonyl (C=O) groups is 2. The highest BCUT2D eigenvalue weighted by Crippen LogP contribution is 2.27. The van der Waals surface area contributed by atoms with Gasteiger partial charge in [0.2, 0.25) is 0 Å². The summed E-state index contributed by atoms with van der Waals surface area (Å²) in [5.41, 5.74) is 1.65. The van der Waals surface area contributed by atoms with E-state index in [1.165, 1.54) is 0 Å². The van der Waals surface area contributed by atoms with E-state index in [4.69, 9.17) is 9.47 Å². The predicted octanol–water partition coefficient (Wildman–Crippen LogP) is 4.25. The van der Waals surface area contributed by atoms with Crippen LogP contribution in [0.25, 0.3) is 0 Å². The highest BCUT2D eigenvalue weighted by Gasteiger charge is 2.11. The standard InChI is InChI=1S/C21H25BrN2O4/c1-14(2)28-19-10-7-16(13-18(19)22)21(26)24-17-8-5-15(6-9-17)20(25)23-11-4-12-27-3/h5-10,13-14H,4,11-12H2,1-3H3,(H,23,25)(H,24,26). The summed E-state index contributed by atoms with van der Waals surface area (Å²) in [5, 5.41) is 5.64. The molecule has 0 aliphatic carbocycles. The number of anilines is 1. The lowest BCUT2D eigenvalue weighted by atomic mass is 10.1. The molecule has 0 atom stereocenters. The minimum atomic E-state index is -0.242. The zero-order valence-corrected chi connectivity index (χ0v) is 17.8. The van der Waals surface area contributed by atoms with E-state index in [0.29, 0.717) is 40.2 Å². The molecule has 0 heterocycles. The molecule has 0 bridgehead atoms. The smallest absolute Gasteiger partial charge is 0.255 e. The second-order valence-electron chi connectivity index (χ2n) is 6.45. The average Bonchev–Trinajstić information content (AvgIpc) is 2.67. The van der Waals surface area contributed by atoms with Crippen molar-refractivity contribution in [2.75, 3.05) is 25.6 Å². The summed E-state index contributed by atoms with van der Waals surface area (Å²) in [6, 6.07) is 11.9. The van der Waals surface area contributed by atoms with E-state index < -0.39 is 0 Å². The van der Waals surface area contributed by atoms with Gasteiger partial charge in [0.15, 0.2) is 0 Å². The molecule has 0 aromatic heterocycles. The quantitative estimate of drug-likeness (QED) is 0.561. The summed E-state index contributed by atoms with van der Waals surface area (Å²) >= 11 is 3.43. The maximum Gasteiger partial charge on any atom is 0.255 e. The van der Waals surface area contributed by atoms with Crippen molar-refractivity contribution in [3.8, 4) is 5.75 Å². The third kappa shape index (κ3) is 6.65. The Hall–Kier alpha value is -2.38. The molecule has 0 saturated heterocycles. The summed E-state index contributed by atoms with van der Waals surface area (Å²) in [7, 11) is 1.63. The second-order valence-corrected chi connectivity index (χ2v) is 7.30. The number of nitrogens with one attached hydrogen (secondary N) is 2. The van der Waals surface area contributed by atoms with Crippen LogP contribution in [0.5, 0.6) is 5.75 Å². The van der Waals surface area contributed by atoms with E-state index >= 15 is 0 Å². The van der Waals surface area contributed by atoms with E-state index in [-0.39, 0.29) is 17.9 Å². The number of halogens is 1. The van der Waals surface area contributed by atoms with E-state index in [9.17, 15) is 9.59 Å². The number of benzene rings is 2. The van der Waals surface area contributed by atoms with Crippen LogP contribution in [0.2, 0.25) is 0 Å². The molecule has 0 fully saturated rings. The van der Waals surface area contributed by atoms with Gasteiger partial charge in [-0.05, 0) is 78.7 Å². The Morgan fingerprint density at radius 1 is 1.04 bits per heavy atom. The summed E-state index contributed by atoms with van der Waals surface area (Å²) in [5.74, 6) is 0.291. The van der Waals surface area contributed by atoms with Crippen molar-refractivity contribution in [2.24, 2.45) is 0 Å². The molecule has 150 valence electrons. The fourth-order valence-corrected chi connectivity index (χ4v) is 2.89. The van der Waals surface area contributed by atoms with Gasteiger partial charge in [-0.15, -0.1) is 0 Å². The maximum absolute atomic E-state index is 12.5. The summed E-state index contributed by atoms with van der Waals surface area (Å²) in [4.78, 5) is 24.5. The van der Waals surface area contributed by atoms with Gasteiger partial charge in [-0.3, -0.25) is 9.59 Å². The average molecular weight is 449 g/mol.